The van der Waals surface area contributed by atoms with Crippen molar-refractivity contribution in [2.75, 3.05) is 6.61 Å². The van der Waals surface area contributed by atoms with Crippen LogP contribution in [0.2, 0.25) is 0 Å². The van der Waals surface area contributed by atoms with Crippen LogP contribution in [0.3, 0.4) is 0 Å². The van der Waals surface area contributed by atoms with E-state index in [1.54, 1.807) is 6.92 Å². The molecule has 2 rings (SSSR count). The van der Waals surface area contributed by atoms with Gasteiger partial charge in [0.25, 0.3) is 0 Å². The normalized spacial score (nSPS) is 23.6. The Kier molecular flexibility index (Phi) is 2.88. The highest BCUT2D eigenvalue weighted by Gasteiger charge is 2.52. The van der Waals surface area contributed by atoms with Crippen LogP contribution in [0.5, 0.6) is 0 Å². The van der Waals surface area contributed by atoms with Crippen molar-refractivity contribution in [2.24, 2.45) is 5.92 Å². The summed E-state index contributed by atoms with van der Waals surface area (Å²) in [7, 11) is 0. The van der Waals surface area contributed by atoms with Gasteiger partial charge in [-0.15, -0.1) is 0 Å². The minimum Gasteiger partial charge on any atom is -0.480 e. The molecule has 0 saturated heterocycles. The van der Waals surface area contributed by atoms with E-state index in [0.29, 0.717) is 25.4 Å². The summed E-state index contributed by atoms with van der Waals surface area (Å²) >= 11 is 0. The van der Waals surface area contributed by atoms with E-state index in [9.17, 15) is 9.59 Å². The average molecular weight is 227 g/mol. The molecule has 1 atom stereocenters. The zero-order valence-electron chi connectivity index (χ0n) is 9.36. The van der Waals surface area contributed by atoms with Crippen LogP contribution in [0.15, 0.2) is 0 Å². The molecule has 2 aliphatic carbocycles. The maximum Gasteiger partial charge on any atom is 0.329 e. The Hall–Kier alpha value is -1.10. The number of ether oxygens (including phenoxy) is 1. The minimum atomic E-state index is -1.01. The standard InChI is InChI=1S/C11H17NO4/c1-7(16-6-8-2-3-8)9(13)12-11(4-5-11)10(14)15/h7-8H,2-6H2,1H3,(H,12,13)(H,14,15). The van der Waals surface area contributed by atoms with E-state index in [0.717, 1.165) is 0 Å². The Morgan fingerprint density at radius 1 is 1.50 bits per heavy atom. The molecule has 1 unspecified atom stereocenters. The van der Waals surface area contributed by atoms with E-state index in [-0.39, 0.29) is 5.91 Å². The summed E-state index contributed by atoms with van der Waals surface area (Å²) in [5, 5.41) is 11.5. The molecule has 0 aromatic heterocycles. The monoisotopic (exact) mass is 227 g/mol. The molecule has 0 aromatic rings. The van der Waals surface area contributed by atoms with Gasteiger partial charge in [-0.05, 0) is 38.5 Å². The number of amides is 1. The van der Waals surface area contributed by atoms with Crippen molar-refractivity contribution < 1.29 is 19.4 Å². The van der Waals surface area contributed by atoms with Gasteiger partial charge in [-0.2, -0.15) is 0 Å². The molecule has 0 aliphatic heterocycles. The second kappa shape index (κ2) is 4.05. The fourth-order valence-electron chi connectivity index (χ4n) is 1.50. The third-order valence-corrected chi connectivity index (χ3v) is 3.17. The molecule has 1 amide bonds. The van der Waals surface area contributed by atoms with Crippen molar-refractivity contribution in [3.8, 4) is 0 Å². The van der Waals surface area contributed by atoms with Gasteiger partial charge in [-0.3, -0.25) is 4.79 Å². The van der Waals surface area contributed by atoms with Crippen LogP contribution in [-0.2, 0) is 14.3 Å². The van der Waals surface area contributed by atoms with Crippen molar-refractivity contribution in [1.82, 2.24) is 5.32 Å². The molecule has 2 N–H and O–H groups in total. The van der Waals surface area contributed by atoms with Gasteiger partial charge < -0.3 is 15.2 Å². The first kappa shape index (κ1) is 11.4. The lowest BCUT2D eigenvalue weighted by molar-refractivity contribution is -0.145. The van der Waals surface area contributed by atoms with E-state index in [2.05, 4.69) is 5.32 Å². The number of nitrogens with one attached hydrogen (secondary N) is 1. The van der Waals surface area contributed by atoms with Gasteiger partial charge in [0, 0.05) is 0 Å². The number of carbonyl (C=O) groups is 2. The van der Waals surface area contributed by atoms with Crippen molar-refractivity contribution in [3.05, 3.63) is 0 Å². The summed E-state index contributed by atoms with van der Waals surface area (Å²) in [6.07, 6.45) is 2.82. The second-order valence-corrected chi connectivity index (χ2v) is 4.80. The number of hydrogen-bond donors (Lipinski definition) is 2. The van der Waals surface area contributed by atoms with Gasteiger partial charge in [0.05, 0.1) is 6.61 Å². The molecule has 90 valence electrons. The second-order valence-electron chi connectivity index (χ2n) is 4.80. The van der Waals surface area contributed by atoms with Crippen LogP contribution in [0.25, 0.3) is 0 Å². The van der Waals surface area contributed by atoms with Crippen molar-refractivity contribution in [2.45, 2.75) is 44.2 Å². The molecule has 0 aromatic carbocycles. The van der Waals surface area contributed by atoms with Crippen molar-refractivity contribution >= 4 is 11.9 Å². The maximum absolute atomic E-state index is 11.6. The molecule has 0 heterocycles. The number of carbonyl (C=O) groups excluding carboxylic acids is 1. The lowest BCUT2D eigenvalue weighted by Gasteiger charge is -2.17. The van der Waals surface area contributed by atoms with Crippen molar-refractivity contribution in [3.63, 3.8) is 0 Å². The third kappa shape index (κ3) is 2.52. The van der Waals surface area contributed by atoms with Crippen LogP contribution in [0.1, 0.15) is 32.6 Å². The third-order valence-electron chi connectivity index (χ3n) is 3.17. The van der Waals surface area contributed by atoms with E-state index >= 15 is 0 Å². The largest absolute Gasteiger partial charge is 0.480 e. The van der Waals surface area contributed by atoms with Crippen molar-refractivity contribution in [1.29, 1.82) is 0 Å². The summed E-state index contributed by atoms with van der Waals surface area (Å²) < 4.78 is 5.38. The van der Waals surface area contributed by atoms with Gasteiger partial charge in [0.2, 0.25) is 5.91 Å². The Morgan fingerprint density at radius 2 is 2.12 bits per heavy atom. The number of carboxylic acids is 1. The highest BCUT2D eigenvalue weighted by molar-refractivity contribution is 5.91. The van der Waals surface area contributed by atoms with Crippen LogP contribution in [0.4, 0.5) is 0 Å². The Labute approximate surface area is 94.2 Å². The fraction of sp³-hybridized carbons (Fsp3) is 0.818. The predicted molar refractivity (Wildman–Crippen MR) is 55.9 cm³/mol. The van der Waals surface area contributed by atoms with E-state index < -0.39 is 17.6 Å². The number of carboxylic acid groups (broad SMARTS) is 1. The van der Waals surface area contributed by atoms with Crippen LogP contribution in [-0.4, -0.2) is 35.2 Å². The molecular formula is C11H17NO4. The molecule has 2 aliphatic rings. The van der Waals surface area contributed by atoms with Gasteiger partial charge in [-0.1, -0.05) is 0 Å². The zero-order chi connectivity index (χ0) is 11.8. The first-order valence-electron chi connectivity index (χ1n) is 5.70. The van der Waals surface area contributed by atoms with Gasteiger partial charge in [0.15, 0.2) is 0 Å². The van der Waals surface area contributed by atoms with Gasteiger partial charge in [-0.25, -0.2) is 4.79 Å². The Morgan fingerprint density at radius 3 is 2.56 bits per heavy atom. The number of hydrogen-bond acceptors (Lipinski definition) is 3. The SMILES string of the molecule is CC(OCC1CC1)C(=O)NC1(C(=O)O)CC1. The lowest BCUT2D eigenvalue weighted by atomic mass is 10.2. The summed E-state index contributed by atoms with van der Waals surface area (Å²) in [5.74, 6) is -0.666. The highest BCUT2D eigenvalue weighted by Crippen LogP contribution is 2.35. The van der Waals surface area contributed by atoms with Crippen LogP contribution >= 0.6 is 0 Å². The molecule has 0 radical (unpaired) electrons. The van der Waals surface area contributed by atoms with Crippen LogP contribution in [0, 0.1) is 5.92 Å². The average Bonchev–Trinajstić information content (AvgIpc) is 3.08. The number of aliphatic carboxylic acids is 1. The molecule has 16 heavy (non-hydrogen) atoms. The van der Waals surface area contributed by atoms with E-state index in [4.69, 9.17) is 9.84 Å². The predicted octanol–water partition coefficient (Wildman–Crippen LogP) is 0.535. The minimum absolute atomic E-state index is 0.319. The Balaban J connectivity index is 1.75. The molecule has 2 saturated carbocycles. The Bertz CT molecular complexity index is 307. The molecule has 5 nitrogen and oxygen atoms in total. The summed E-state index contributed by atoms with van der Waals surface area (Å²) in [5.41, 5.74) is -1.01. The summed E-state index contributed by atoms with van der Waals surface area (Å²) in [6.45, 7) is 2.27. The maximum atomic E-state index is 11.6. The molecule has 5 heteroatoms. The molecule has 2 fully saturated rings. The number of rotatable bonds is 6. The van der Waals surface area contributed by atoms with E-state index in [1.807, 2.05) is 0 Å². The smallest absolute Gasteiger partial charge is 0.329 e. The van der Waals surface area contributed by atoms with Gasteiger partial charge in [0.1, 0.15) is 11.6 Å². The first-order valence-corrected chi connectivity index (χ1v) is 5.70. The van der Waals surface area contributed by atoms with Crippen LogP contribution < -0.4 is 5.32 Å². The summed E-state index contributed by atoms with van der Waals surface area (Å²) in [4.78, 5) is 22.5. The van der Waals surface area contributed by atoms with E-state index in [1.165, 1.54) is 12.8 Å². The topological polar surface area (TPSA) is 75.6 Å². The molecular weight excluding hydrogens is 210 g/mol. The lowest BCUT2D eigenvalue weighted by Crippen LogP contribution is -2.47. The molecule has 0 bridgehead atoms. The van der Waals surface area contributed by atoms with Gasteiger partial charge >= 0.3 is 5.97 Å². The quantitative estimate of drug-likeness (QED) is 0.694. The zero-order valence-corrected chi connectivity index (χ0v) is 9.36. The first-order chi connectivity index (χ1) is 7.53. The highest BCUT2D eigenvalue weighted by atomic mass is 16.5. The summed E-state index contributed by atoms with van der Waals surface area (Å²) in [6, 6.07) is 0. The molecule has 0 spiro atoms. The fourth-order valence-corrected chi connectivity index (χ4v) is 1.50.